The highest BCUT2D eigenvalue weighted by Crippen LogP contribution is 2.34. The molecule has 15 nitrogen and oxygen atoms in total. The van der Waals surface area contributed by atoms with Crippen LogP contribution in [0, 0.1) is 0 Å². The summed E-state index contributed by atoms with van der Waals surface area (Å²) in [6.07, 6.45) is -15.7. The Morgan fingerprint density at radius 1 is 1.11 bits per heavy atom. The maximum Gasteiger partial charge on any atom is 0.364 e. The molecule has 2 rings (SSSR count). The van der Waals surface area contributed by atoms with Gasteiger partial charge in [0.2, 0.25) is 5.91 Å². The van der Waals surface area contributed by atoms with Crippen LogP contribution in [0.4, 0.5) is 0 Å². The smallest absolute Gasteiger partial charge is 0.364 e. The van der Waals surface area contributed by atoms with Crippen LogP contribution in [0.1, 0.15) is 13.3 Å². The fourth-order valence-electron chi connectivity index (χ4n) is 4.17. The third kappa shape index (κ3) is 8.12. The minimum Gasteiger partial charge on any atom is -0.477 e. The zero-order valence-corrected chi connectivity index (χ0v) is 22.8. The van der Waals surface area contributed by atoms with Crippen molar-refractivity contribution in [2.24, 2.45) is 0 Å². The van der Waals surface area contributed by atoms with Gasteiger partial charge in [0.25, 0.3) is 5.79 Å². The minimum atomic E-state index is -2.66. The average Bonchev–Trinajstić information content (AvgIpc) is 2.82. The third-order valence-corrected chi connectivity index (χ3v) is 8.17. The van der Waals surface area contributed by atoms with Gasteiger partial charge >= 0.3 is 5.97 Å². The quantitative estimate of drug-likeness (QED) is 0.102. The summed E-state index contributed by atoms with van der Waals surface area (Å²) in [5.74, 6) is -5.06. The molecular weight excluding hydrogens is 530 g/mol. The van der Waals surface area contributed by atoms with Crippen LogP contribution in [-0.4, -0.2) is 148 Å². The number of rotatable bonds is 12. The summed E-state index contributed by atoms with van der Waals surface area (Å²) in [5.41, 5.74) is 0. The van der Waals surface area contributed by atoms with Gasteiger partial charge in [-0.3, -0.25) is 4.79 Å². The largest absolute Gasteiger partial charge is 0.477 e. The van der Waals surface area contributed by atoms with Gasteiger partial charge < -0.3 is 65.1 Å². The van der Waals surface area contributed by atoms with E-state index >= 15 is 0 Å². The van der Waals surface area contributed by atoms with Crippen LogP contribution in [0.25, 0.3) is 0 Å². The van der Waals surface area contributed by atoms with Crippen molar-refractivity contribution in [2.45, 2.75) is 106 Å². The van der Waals surface area contributed by atoms with Crippen LogP contribution < -0.4 is 5.32 Å². The molecule has 2 fully saturated rings. The van der Waals surface area contributed by atoms with Crippen molar-refractivity contribution in [2.75, 3.05) is 19.8 Å². The van der Waals surface area contributed by atoms with Crippen LogP contribution in [-0.2, 0) is 28.5 Å². The van der Waals surface area contributed by atoms with Crippen LogP contribution in [0.15, 0.2) is 0 Å². The number of hydrogen-bond acceptors (Lipinski definition) is 13. The molecule has 0 radical (unpaired) electrons. The zero-order chi connectivity index (χ0) is 29.0. The number of hydrogen-bond donors (Lipinski definition) is 9. The summed E-state index contributed by atoms with van der Waals surface area (Å²) in [6.45, 7) is 5.97. The number of ether oxygens (including phenoxy) is 4. The number of aliphatic hydroxyl groups is 7. The molecule has 0 bridgehead atoms. The molecule has 0 saturated carbocycles. The molecule has 2 saturated heterocycles. The average molecular weight is 572 g/mol. The van der Waals surface area contributed by atoms with Crippen LogP contribution in [0.2, 0.25) is 25.7 Å². The Labute approximate surface area is 220 Å². The number of aliphatic hydroxyl groups excluding tert-OH is 7. The van der Waals surface area contributed by atoms with Crippen LogP contribution in [0.5, 0.6) is 0 Å². The molecule has 2 aliphatic heterocycles. The monoisotopic (exact) mass is 571 g/mol. The van der Waals surface area contributed by atoms with E-state index in [0.29, 0.717) is 6.04 Å². The van der Waals surface area contributed by atoms with E-state index in [1.54, 1.807) is 0 Å². The predicted octanol–water partition coefficient (Wildman–Crippen LogP) is -3.69. The van der Waals surface area contributed by atoms with Gasteiger partial charge in [0.05, 0.1) is 25.4 Å². The second kappa shape index (κ2) is 13.4. The van der Waals surface area contributed by atoms with Crippen LogP contribution >= 0.6 is 0 Å². The number of carboxylic acid groups (broad SMARTS) is 1. The molecule has 0 aliphatic carbocycles. The molecule has 38 heavy (non-hydrogen) atoms. The van der Waals surface area contributed by atoms with E-state index in [1.807, 2.05) is 0 Å². The lowest BCUT2D eigenvalue weighted by atomic mass is 9.88. The topological polar surface area (TPSA) is 245 Å². The molecule has 2 aliphatic rings. The minimum absolute atomic E-state index is 0.208. The second-order valence-electron chi connectivity index (χ2n) is 10.9. The fourth-order valence-corrected chi connectivity index (χ4v) is 4.90. The van der Waals surface area contributed by atoms with E-state index in [9.17, 15) is 50.4 Å². The van der Waals surface area contributed by atoms with Crippen molar-refractivity contribution in [3.8, 4) is 0 Å². The lowest BCUT2D eigenvalue weighted by Gasteiger charge is -2.47. The maximum atomic E-state index is 12.3. The second-order valence-corrected chi connectivity index (χ2v) is 16.5. The van der Waals surface area contributed by atoms with Crippen molar-refractivity contribution >= 4 is 20.0 Å². The highest BCUT2D eigenvalue weighted by atomic mass is 28.3. The lowest BCUT2D eigenvalue weighted by molar-refractivity contribution is -0.338. The number of carbonyl (C=O) groups is 2. The summed E-state index contributed by atoms with van der Waals surface area (Å²) >= 11 is 0. The summed E-state index contributed by atoms with van der Waals surface area (Å²) in [7, 11) is -1.51. The first-order valence-electron chi connectivity index (χ1n) is 12.3. The number of carbonyl (C=O) groups excluding carboxylic acids is 1. The van der Waals surface area contributed by atoms with Crippen molar-refractivity contribution < 1.29 is 69.4 Å². The van der Waals surface area contributed by atoms with E-state index in [1.165, 1.54) is 0 Å². The number of carboxylic acids is 1. The Morgan fingerprint density at radius 2 is 1.74 bits per heavy atom. The highest BCUT2D eigenvalue weighted by Gasteiger charge is 2.56. The molecule has 2 heterocycles. The van der Waals surface area contributed by atoms with Gasteiger partial charge in [-0.1, -0.05) is 19.6 Å². The lowest BCUT2D eigenvalue weighted by Crippen LogP contribution is -2.68. The van der Waals surface area contributed by atoms with Crippen molar-refractivity contribution in [3.63, 3.8) is 0 Å². The molecule has 16 heteroatoms. The number of aliphatic carboxylic acids is 1. The Hall–Kier alpha value is -1.28. The fraction of sp³-hybridized carbons (Fsp3) is 0.909. The first-order chi connectivity index (χ1) is 17.5. The molecule has 222 valence electrons. The number of nitrogens with one attached hydrogen (secondary N) is 1. The summed E-state index contributed by atoms with van der Waals surface area (Å²) < 4.78 is 22.1. The Kier molecular flexibility index (Phi) is 11.6. The molecule has 11 atom stereocenters. The van der Waals surface area contributed by atoms with E-state index in [2.05, 4.69) is 25.0 Å². The van der Waals surface area contributed by atoms with Gasteiger partial charge in [0.15, 0.2) is 6.29 Å². The normalized spacial score (nSPS) is 37.9. The van der Waals surface area contributed by atoms with Gasteiger partial charge in [-0.25, -0.2) is 4.79 Å². The summed E-state index contributed by atoms with van der Waals surface area (Å²) in [6, 6.07) is -0.663. The van der Waals surface area contributed by atoms with E-state index in [-0.39, 0.29) is 6.61 Å². The molecule has 9 N–H and O–H groups in total. The zero-order valence-electron chi connectivity index (χ0n) is 21.8. The summed E-state index contributed by atoms with van der Waals surface area (Å²) in [5, 5.41) is 83.6. The van der Waals surface area contributed by atoms with E-state index < -0.39 is 107 Å². The van der Waals surface area contributed by atoms with Crippen molar-refractivity contribution in [1.82, 2.24) is 5.32 Å². The van der Waals surface area contributed by atoms with Crippen molar-refractivity contribution in [1.29, 1.82) is 0 Å². The van der Waals surface area contributed by atoms with Gasteiger partial charge in [-0.15, -0.1) is 0 Å². The molecule has 1 amide bonds. The van der Waals surface area contributed by atoms with Gasteiger partial charge in [-0.05, 0) is 6.04 Å². The van der Waals surface area contributed by atoms with Gasteiger partial charge in [-0.2, -0.15) is 0 Å². The molecule has 0 unspecified atom stereocenters. The van der Waals surface area contributed by atoms with Gasteiger partial charge in [0.1, 0.15) is 42.7 Å². The predicted molar refractivity (Wildman–Crippen MR) is 129 cm³/mol. The SMILES string of the molecule is CC(=O)N[C@@H]1[C@H]([C@H](O)[C@H](O)CO)O[C@@](OC[C@H]2O[C@@H](OCC[Si](C)(C)C)[C@H](O)[C@@H](O)[C@H]2O)(C(=O)O)C[C@@H]1O. The molecule has 0 aromatic rings. The summed E-state index contributed by atoms with van der Waals surface area (Å²) in [4.78, 5) is 23.9. The van der Waals surface area contributed by atoms with E-state index in [4.69, 9.17) is 18.9 Å². The van der Waals surface area contributed by atoms with Gasteiger partial charge in [0, 0.05) is 28.0 Å². The standard InChI is InChI=1S/C22H41NO14Si/c1-10(25)23-14-11(26)7-22(21(32)33,37-19(14)15(28)12(27)8-24)35-9-13-16(29)17(30)18(31)20(36-13)34-5-6-38(2,3)4/h11-20,24,26-31H,5-9H2,1-4H3,(H,23,25)(H,32,33)/t11-,12+,13+,14-,15+,16-,17-,18+,19+,20+,22+/m0/s1. The number of amides is 1. The van der Waals surface area contributed by atoms with Crippen molar-refractivity contribution in [3.05, 3.63) is 0 Å². The maximum absolute atomic E-state index is 12.3. The van der Waals surface area contributed by atoms with Crippen LogP contribution in [0.3, 0.4) is 0 Å². The highest BCUT2D eigenvalue weighted by molar-refractivity contribution is 6.76. The Morgan fingerprint density at radius 3 is 2.26 bits per heavy atom. The third-order valence-electron chi connectivity index (χ3n) is 6.47. The Bertz CT molecular complexity index is 799. The molecule has 0 aromatic carbocycles. The Balaban J connectivity index is 2.23. The molecule has 0 spiro atoms. The van der Waals surface area contributed by atoms with E-state index in [0.717, 1.165) is 6.92 Å². The first-order valence-corrected chi connectivity index (χ1v) is 16.0. The molecular formula is C22H41NO14Si. The first kappa shape index (κ1) is 32.9. The molecule has 0 aromatic heterocycles.